The van der Waals surface area contributed by atoms with E-state index in [-0.39, 0.29) is 0 Å². The third-order valence-electron chi connectivity index (χ3n) is 4.53. The van der Waals surface area contributed by atoms with Gasteiger partial charge in [0.05, 0.1) is 70.6 Å². The first-order chi connectivity index (χ1) is 7.15. The summed E-state index contributed by atoms with van der Waals surface area (Å²) in [6, 6.07) is 0. The van der Waals surface area contributed by atoms with Gasteiger partial charge >= 0.3 is 0 Å². The quantitative estimate of drug-likeness (QED) is 0.431. The molecule has 1 aliphatic carbocycles. The van der Waals surface area contributed by atoms with Crippen LogP contribution in [0.2, 0.25) is 26.7 Å². The van der Waals surface area contributed by atoms with Gasteiger partial charge in [0.25, 0.3) is 0 Å². The zero-order chi connectivity index (χ0) is 14.1. The van der Waals surface area contributed by atoms with E-state index in [1.807, 2.05) is 0 Å². The predicted molar refractivity (Wildman–Crippen MR) is 80.1 cm³/mol. The summed E-state index contributed by atoms with van der Waals surface area (Å²) in [6.45, 7) is 3.20. The van der Waals surface area contributed by atoms with Crippen molar-refractivity contribution in [3.8, 4) is 0 Å². The fourth-order valence-corrected chi connectivity index (χ4v) is 2.33. The molecule has 0 aliphatic heterocycles. The van der Waals surface area contributed by atoms with Gasteiger partial charge in [-0.05, 0) is 0 Å². The van der Waals surface area contributed by atoms with E-state index >= 15 is 0 Å². The summed E-state index contributed by atoms with van der Waals surface area (Å²) in [7, 11) is 53.4. The van der Waals surface area contributed by atoms with Crippen molar-refractivity contribution < 1.29 is 0 Å². The standard InChI is InChI=1S/C8H7B9/c1-4(2)7(14,15)5(10,11)3(9)6(12,13)8(4,16)17/h3H,1-2H3. The van der Waals surface area contributed by atoms with Crippen LogP contribution in [0.25, 0.3) is 0 Å². The molecule has 0 aromatic rings. The molecule has 0 N–H and O–H groups in total. The van der Waals surface area contributed by atoms with Crippen molar-refractivity contribution in [1.29, 1.82) is 0 Å². The lowest BCUT2D eigenvalue weighted by molar-refractivity contribution is 0.165. The predicted octanol–water partition coefficient (Wildman–Crippen LogP) is -1.20. The Hall–Kier alpha value is 0.584. The fraction of sp³-hybridized carbons (Fsp3) is 1.00. The minimum absolute atomic E-state index is 1.15. The van der Waals surface area contributed by atoms with Crippen LogP contribution in [0.4, 0.5) is 0 Å². The summed E-state index contributed by atoms with van der Waals surface area (Å²) in [6.07, 6.45) is 0. The first-order valence-electron chi connectivity index (χ1n) is 5.22. The van der Waals surface area contributed by atoms with Crippen LogP contribution in [-0.2, 0) is 0 Å². The monoisotopic (exact) mass is 202 g/mol. The maximum atomic E-state index is 6.00. The van der Waals surface area contributed by atoms with Gasteiger partial charge in [0, 0.05) is 0 Å². The van der Waals surface area contributed by atoms with E-state index in [9.17, 15) is 0 Å². The van der Waals surface area contributed by atoms with Gasteiger partial charge in [-0.1, -0.05) is 25.1 Å². The minimum Gasteiger partial charge on any atom is -0.113 e. The molecule has 1 aliphatic rings. The first kappa shape index (κ1) is 15.6. The van der Waals surface area contributed by atoms with E-state index in [2.05, 4.69) is 0 Å². The van der Waals surface area contributed by atoms with Gasteiger partial charge in [0.15, 0.2) is 0 Å². The number of hydrogen-bond donors (Lipinski definition) is 0. The van der Waals surface area contributed by atoms with Crippen molar-refractivity contribution in [3.63, 3.8) is 0 Å². The smallest absolute Gasteiger partial charge is 0.0674 e. The molecule has 0 aromatic carbocycles. The Morgan fingerprint density at radius 2 is 0.882 bits per heavy atom. The van der Waals surface area contributed by atoms with Crippen LogP contribution in [0, 0.1) is 5.41 Å². The summed E-state index contributed by atoms with van der Waals surface area (Å²) in [4.78, 5) is 0. The molecule has 0 bridgehead atoms. The Balaban J connectivity index is 3.56. The second kappa shape index (κ2) is 3.57. The minimum atomic E-state index is -1.72. The molecule has 0 heterocycles. The Kier molecular flexibility index (Phi) is 3.29. The average Bonchev–Trinajstić information content (AvgIpc) is 2.13. The molecule has 0 saturated heterocycles. The van der Waals surface area contributed by atoms with E-state index in [1.54, 1.807) is 13.8 Å². The van der Waals surface area contributed by atoms with Crippen molar-refractivity contribution in [2.75, 3.05) is 0 Å². The van der Waals surface area contributed by atoms with Gasteiger partial charge in [-0.3, -0.25) is 0 Å². The highest BCUT2D eigenvalue weighted by Crippen LogP contribution is 2.79. The van der Waals surface area contributed by atoms with Crippen LogP contribution < -0.4 is 0 Å². The Labute approximate surface area is 117 Å². The van der Waals surface area contributed by atoms with Crippen molar-refractivity contribution in [3.05, 3.63) is 0 Å². The zero-order valence-corrected chi connectivity index (χ0v) is 10.3. The van der Waals surface area contributed by atoms with Crippen LogP contribution in [0.15, 0.2) is 0 Å². The summed E-state index contributed by atoms with van der Waals surface area (Å²) in [5, 5.41) is -6.74. The highest BCUT2D eigenvalue weighted by atomic mass is 14.6. The third-order valence-corrected chi connectivity index (χ3v) is 4.53. The van der Waals surface area contributed by atoms with Crippen molar-refractivity contribution >= 4 is 70.6 Å². The maximum Gasteiger partial charge on any atom is 0.0674 e. The largest absolute Gasteiger partial charge is 0.113 e. The van der Waals surface area contributed by atoms with Crippen LogP contribution >= 0.6 is 0 Å². The molecule has 18 radical (unpaired) electrons. The highest BCUT2D eigenvalue weighted by Gasteiger charge is 2.63. The van der Waals surface area contributed by atoms with Crippen LogP contribution in [0.3, 0.4) is 0 Å². The average molecular weight is 200 g/mol. The molecule has 0 unspecified atom stereocenters. The second-order valence-corrected chi connectivity index (χ2v) is 5.71. The molecule has 9 heteroatoms. The Bertz CT molecular complexity index is 300. The highest BCUT2D eigenvalue weighted by molar-refractivity contribution is 6.64. The number of hydrogen-bond acceptors (Lipinski definition) is 0. The maximum absolute atomic E-state index is 6.00. The lowest BCUT2D eigenvalue weighted by atomic mass is 9.04. The van der Waals surface area contributed by atoms with E-state index in [0.29, 0.717) is 0 Å². The lowest BCUT2D eigenvalue weighted by Gasteiger charge is -2.76. The van der Waals surface area contributed by atoms with Gasteiger partial charge in [-0.15, -0.1) is 20.9 Å². The summed E-state index contributed by atoms with van der Waals surface area (Å²) < 4.78 is 0. The van der Waals surface area contributed by atoms with E-state index in [0.717, 1.165) is 0 Å². The van der Waals surface area contributed by atoms with Gasteiger partial charge in [0.1, 0.15) is 0 Å². The molecule has 1 rings (SSSR count). The molecule has 0 amide bonds. The van der Waals surface area contributed by atoms with Crippen molar-refractivity contribution in [2.45, 2.75) is 40.5 Å². The molecule has 0 spiro atoms. The topological polar surface area (TPSA) is 0 Å². The molecule has 66 valence electrons. The second-order valence-electron chi connectivity index (χ2n) is 5.71. The lowest BCUT2D eigenvalue weighted by Crippen LogP contribution is -2.62. The summed E-state index contributed by atoms with van der Waals surface area (Å²) >= 11 is 0. The molecule has 1 saturated carbocycles. The molecular weight excluding hydrogens is 193 g/mol. The van der Waals surface area contributed by atoms with Gasteiger partial charge < -0.3 is 0 Å². The molecule has 0 atom stereocenters. The van der Waals surface area contributed by atoms with Gasteiger partial charge in [-0.2, -0.15) is 0 Å². The first-order valence-corrected chi connectivity index (χ1v) is 5.22. The van der Waals surface area contributed by atoms with E-state index in [1.165, 1.54) is 0 Å². The SMILES string of the molecule is [B]C1C([B])([B])C([B])([B])C(C)(C)C([B])([B])C1([B])[B]. The van der Waals surface area contributed by atoms with Crippen LogP contribution in [0.1, 0.15) is 13.8 Å². The fourth-order valence-electron chi connectivity index (χ4n) is 2.33. The zero-order valence-electron chi connectivity index (χ0n) is 10.3. The summed E-state index contributed by atoms with van der Waals surface area (Å²) in [5.74, 6) is -1.17. The van der Waals surface area contributed by atoms with Crippen molar-refractivity contribution in [1.82, 2.24) is 0 Å². The summed E-state index contributed by atoms with van der Waals surface area (Å²) in [5.41, 5.74) is -1.15. The molecular formula is C8H7B9. The normalized spacial score (nSPS) is 32.8. The van der Waals surface area contributed by atoms with E-state index < -0.39 is 32.1 Å². The Morgan fingerprint density at radius 3 is 1.12 bits per heavy atom. The van der Waals surface area contributed by atoms with Gasteiger partial charge in [-0.25, -0.2) is 0 Å². The van der Waals surface area contributed by atoms with Crippen LogP contribution in [-0.4, -0.2) is 70.6 Å². The Morgan fingerprint density at radius 1 is 0.647 bits per heavy atom. The van der Waals surface area contributed by atoms with Crippen molar-refractivity contribution in [2.24, 2.45) is 5.41 Å². The van der Waals surface area contributed by atoms with Crippen LogP contribution in [0.5, 0.6) is 0 Å². The van der Waals surface area contributed by atoms with Gasteiger partial charge in [0.2, 0.25) is 0 Å². The molecule has 17 heavy (non-hydrogen) atoms. The molecule has 0 nitrogen and oxygen atoms in total. The third kappa shape index (κ3) is 1.49. The molecule has 1 fully saturated rings. The molecule has 0 aromatic heterocycles. The van der Waals surface area contributed by atoms with E-state index in [4.69, 9.17) is 70.6 Å². The number of rotatable bonds is 0.